The average Bonchev–Trinajstić information content (AvgIpc) is 2.67. The number of anilines is 1. The smallest absolute Gasteiger partial charge is 0.222 e. The summed E-state index contributed by atoms with van der Waals surface area (Å²) in [5.41, 5.74) is 2.01. The van der Waals surface area contributed by atoms with Gasteiger partial charge < -0.3 is 10.1 Å². The van der Waals surface area contributed by atoms with Crippen LogP contribution in [0, 0.1) is 12.8 Å². The zero-order valence-electron chi connectivity index (χ0n) is 10.8. The molecular weight excluding hydrogens is 244 g/mol. The van der Waals surface area contributed by atoms with Crippen LogP contribution in [-0.4, -0.2) is 38.1 Å². The maximum absolute atomic E-state index is 5.68. The van der Waals surface area contributed by atoms with E-state index in [4.69, 9.17) is 4.74 Å². The third-order valence-corrected chi connectivity index (χ3v) is 3.17. The van der Waals surface area contributed by atoms with E-state index >= 15 is 0 Å². The summed E-state index contributed by atoms with van der Waals surface area (Å²) >= 11 is 0. The zero-order chi connectivity index (χ0) is 13.1. The lowest BCUT2D eigenvalue weighted by Crippen LogP contribution is -2.23. The van der Waals surface area contributed by atoms with Gasteiger partial charge in [-0.15, -0.1) is 5.10 Å². The van der Waals surface area contributed by atoms with Crippen LogP contribution >= 0.6 is 0 Å². The molecule has 3 rings (SSSR count). The highest BCUT2D eigenvalue weighted by Gasteiger charge is 2.20. The van der Waals surface area contributed by atoms with Crippen LogP contribution in [0.5, 0.6) is 0 Å². The first-order chi connectivity index (χ1) is 9.33. The Kier molecular flexibility index (Phi) is 3.37. The highest BCUT2D eigenvalue weighted by atomic mass is 16.5. The molecule has 1 atom stereocenters. The molecule has 0 saturated heterocycles. The predicted molar refractivity (Wildman–Crippen MR) is 68.4 cm³/mol. The molecule has 2 aromatic heterocycles. The van der Waals surface area contributed by atoms with Crippen molar-refractivity contribution in [2.75, 3.05) is 18.5 Å². The lowest BCUT2D eigenvalue weighted by atomic mass is 10.1. The summed E-state index contributed by atoms with van der Waals surface area (Å²) in [4.78, 5) is 8.27. The van der Waals surface area contributed by atoms with Gasteiger partial charge in [0.2, 0.25) is 5.95 Å². The number of fused-ring (bicyclic) bond motifs is 1. The van der Waals surface area contributed by atoms with Gasteiger partial charge in [-0.3, -0.25) is 0 Å². The molecular formula is C12H16N6O. The first-order valence-electron chi connectivity index (χ1n) is 6.30. The van der Waals surface area contributed by atoms with Gasteiger partial charge >= 0.3 is 0 Å². The van der Waals surface area contributed by atoms with Crippen molar-refractivity contribution in [2.45, 2.75) is 20.1 Å². The third kappa shape index (κ3) is 2.70. The Hall–Kier alpha value is -2.02. The van der Waals surface area contributed by atoms with Gasteiger partial charge in [0.1, 0.15) is 0 Å². The van der Waals surface area contributed by atoms with Gasteiger partial charge in [-0.05, 0) is 13.0 Å². The second-order valence-corrected chi connectivity index (χ2v) is 4.64. The van der Waals surface area contributed by atoms with Crippen LogP contribution in [0.2, 0.25) is 0 Å². The summed E-state index contributed by atoms with van der Waals surface area (Å²) in [6, 6.07) is 1.80. The van der Waals surface area contributed by atoms with E-state index in [-0.39, 0.29) is 0 Å². The molecule has 0 amide bonds. The number of aromatic nitrogens is 5. The van der Waals surface area contributed by atoms with E-state index in [2.05, 4.69) is 25.6 Å². The van der Waals surface area contributed by atoms with E-state index in [9.17, 15) is 0 Å². The summed E-state index contributed by atoms with van der Waals surface area (Å²) in [6.07, 6.45) is 3.44. The fraction of sp³-hybridized carbons (Fsp3) is 0.500. The highest BCUT2D eigenvalue weighted by Crippen LogP contribution is 2.15. The molecule has 1 unspecified atom stereocenters. The minimum absolute atomic E-state index is 0.325. The van der Waals surface area contributed by atoms with Crippen LogP contribution in [0.15, 0.2) is 18.5 Å². The van der Waals surface area contributed by atoms with Gasteiger partial charge in [0.25, 0.3) is 0 Å². The van der Waals surface area contributed by atoms with Crippen molar-refractivity contribution < 1.29 is 4.74 Å². The van der Waals surface area contributed by atoms with Crippen molar-refractivity contribution in [3.05, 3.63) is 29.8 Å². The Balaban J connectivity index is 1.63. The maximum Gasteiger partial charge on any atom is 0.222 e. The predicted octanol–water partition coefficient (Wildman–Crippen LogP) is 0.635. The van der Waals surface area contributed by atoms with Gasteiger partial charge in [0, 0.05) is 31.4 Å². The lowest BCUT2D eigenvalue weighted by molar-refractivity contribution is 0.0976. The van der Waals surface area contributed by atoms with Gasteiger partial charge in [-0.25, -0.2) is 14.6 Å². The number of rotatable bonds is 3. The van der Waals surface area contributed by atoms with Crippen LogP contribution in [0.4, 0.5) is 5.95 Å². The summed E-state index contributed by atoms with van der Waals surface area (Å²) in [5, 5.41) is 11.4. The molecule has 3 heterocycles. The van der Waals surface area contributed by atoms with Crippen molar-refractivity contribution >= 4 is 5.95 Å². The fourth-order valence-electron chi connectivity index (χ4n) is 2.11. The van der Waals surface area contributed by atoms with E-state index in [0.717, 1.165) is 24.5 Å². The molecule has 7 nitrogen and oxygen atoms in total. The van der Waals surface area contributed by atoms with Crippen molar-refractivity contribution in [3.63, 3.8) is 0 Å². The molecule has 1 aliphatic rings. The van der Waals surface area contributed by atoms with E-state index < -0.39 is 0 Å². The van der Waals surface area contributed by atoms with E-state index in [1.807, 2.05) is 11.6 Å². The van der Waals surface area contributed by atoms with Crippen LogP contribution in [0.25, 0.3) is 0 Å². The number of hydrogen-bond donors (Lipinski definition) is 1. The number of nitrogens with one attached hydrogen (secondary N) is 1. The van der Waals surface area contributed by atoms with E-state index in [1.165, 1.54) is 0 Å². The standard InChI is InChI=1S/C12H16N6O/c1-9-11-8-19-7-10(6-18(11)17-16-9)5-15-12-13-3-2-4-14-12/h2-4,10H,5-8H2,1H3,(H,13,14,15). The molecule has 19 heavy (non-hydrogen) atoms. The van der Waals surface area contributed by atoms with Crippen molar-refractivity contribution in [3.8, 4) is 0 Å². The Morgan fingerprint density at radius 3 is 3.11 bits per heavy atom. The monoisotopic (exact) mass is 260 g/mol. The molecule has 1 aliphatic heterocycles. The number of nitrogens with zero attached hydrogens (tertiary/aromatic N) is 5. The molecule has 0 bridgehead atoms. The number of aryl methyl sites for hydroxylation is 1. The minimum atomic E-state index is 0.325. The molecule has 0 radical (unpaired) electrons. The molecule has 0 spiro atoms. The molecule has 1 N–H and O–H groups in total. The molecule has 2 aromatic rings. The Labute approximate surface area is 111 Å². The second kappa shape index (κ2) is 5.31. The van der Waals surface area contributed by atoms with E-state index in [1.54, 1.807) is 18.5 Å². The third-order valence-electron chi connectivity index (χ3n) is 3.17. The molecule has 0 fully saturated rings. The van der Waals surface area contributed by atoms with Gasteiger partial charge in [0.05, 0.1) is 24.6 Å². The van der Waals surface area contributed by atoms with Gasteiger partial charge in [-0.1, -0.05) is 5.21 Å². The largest absolute Gasteiger partial charge is 0.375 e. The number of hydrogen-bond acceptors (Lipinski definition) is 6. The second-order valence-electron chi connectivity index (χ2n) is 4.64. The van der Waals surface area contributed by atoms with E-state index in [0.29, 0.717) is 25.1 Å². The number of ether oxygens (including phenoxy) is 1. The fourth-order valence-corrected chi connectivity index (χ4v) is 2.11. The highest BCUT2D eigenvalue weighted by molar-refractivity contribution is 5.22. The Bertz CT molecular complexity index is 540. The van der Waals surface area contributed by atoms with Crippen LogP contribution in [0.1, 0.15) is 11.4 Å². The molecule has 0 aromatic carbocycles. The Morgan fingerprint density at radius 2 is 2.26 bits per heavy atom. The topological polar surface area (TPSA) is 77.8 Å². The molecule has 7 heteroatoms. The Morgan fingerprint density at radius 1 is 1.42 bits per heavy atom. The molecule has 0 saturated carbocycles. The summed E-state index contributed by atoms with van der Waals surface area (Å²) in [5.74, 6) is 0.966. The lowest BCUT2D eigenvalue weighted by Gasteiger charge is -2.14. The molecule has 100 valence electrons. The quantitative estimate of drug-likeness (QED) is 0.872. The summed E-state index contributed by atoms with van der Waals surface area (Å²) in [6.45, 7) is 4.79. The summed E-state index contributed by atoms with van der Waals surface area (Å²) < 4.78 is 7.61. The first kappa shape index (κ1) is 12.0. The zero-order valence-corrected chi connectivity index (χ0v) is 10.8. The molecule has 0 aliphatic carbocycles. The van der Waals surface area contributed by atoms with Crippen LogP contribution in [0.3, 0.4) is 0 Å². The van der Waals surface area contributed by atoms with Crippen molar-refractivity contribution in [1.82, 2.24) is 25.0 Å². The van der Waals surface area contributed by atoms with Crippen LogP contribution in [-0.2, 0) is 17.9 Å². The van der Waals surface area contributed by atoms with Gasteiger partial charge in [0.15, 0.2) is 0 Å². The SMILES string of the molecule is Cc1nnn2c1COCC(CNc1ncccn1)C2. The first-order valence-corrected chi connectivity index (χ1v) is 6.30. The van der Waals surface area contributed by atoms with Gasteiger partial charge in [-0.2, -0.15) is 0 Å². The van der Waals surface area contributed by atoms with Crippen molar-refractivity contribution in [2.24, 2.45) is 5.92 Å². The van der Waals surface area contributed by atoms with Crippen LogP contribution < -0.4 is 5.32 Å². The van der Waals surface area contributed by atoms with Crippen molar-refractivity contribution in [1.29, 1.82) is 0 Å². The normalized spacial score (nSPS) is 18.7. The summed E-state index contributed by atoms with van der Waals surface area (Å²) in [7, 11) is 0. The average molecular weight is 260 g/mol. The maximum atomic E-state index is 5.68. The minimum Gasteiger partial charge on any atom is -0.375 e.